The second-order valence-corrected chi connectivity index (χ2v) is 6.40. The van der Waals surface area contributed by atoms with Crippen LogP contribution in [-0.2, 0) is 9.59 Å². The number of hydrogen-bond donors (Lipinski definition) is 4. The first-order valence-corrected chi connectivity index (χ1v) is 8.74. The summed E-state index contributed by atoms with van der Waals surface area (Å²) in [5.74, 6) is -2.39. The van der Waals surface area contributed by atoms with Gasteiger partial charge in [0.25, 0.3) is 11.8 Å². The van der Waals surface area contributed by atoms with Crippen LogP contribution in [0.4, 0.5) is 11.4 Å². The molecule has 9 nitrogen and oxygen atoms in total. The van der Waals surface area contributed by atoms with Gasteiger partial charge in [0.2, 0.25) is 5.91 Å². The monoisotopic (exact) mass is 394 g/mol. The van der Waals surface area contributed by atoms with Gasteiger partial charge in [-0.1, -0.05) is 12.1 Å². The van der Waals surface area contributed by atoms with Crippen molar-refractivity contribution >= 4 is 41.3 Å². The van der Waals surface area contributed by atoms with E-state index in [1.165, 1.54) is 18.3 Å². The predicted octanol–water partition coefficient (Wildman–Crippen LogP) is 1.81. The molecule has 0 aliphatic carbocycles. The third-order valence-electron chi connectivity index (χ3n) is 4.34. The highest BCUT2D eigenvalue weighted by Gasteiger charge is 2.27. The Morgan fingerprint density at radius 2 is 1.90 bits per heavy atom. The Hall–Kier alpha value is -4.01. The summed E-state index contributed by atoms with van der Waals surface area (Å²) in [6, 6.07) is 11.0. The van der Waals surface area contributed by atoms with E-state index in [-0.39, 0.29) is 25.1 Å². The smallest absolute Gasteiger partial charge is 0.305 e. The zero-order chi connectivity index (χ0) is 21.0. The molecule has 2 aromatic carbocycles. The fourth-order valence-electron chi connectivity index (χ4n) is 2.86. The van der Waals surface area contributed by atoms with Crippen LogP contribution in [0.2, 0.25) is 0 Å². The number of hydrogen-bond acceptors (Lipinski definition) is 5. The molecule has 1 heterocycles. The number of nitrogens with zero attached hydrogens (tertiary/aromatic N) is 1. The maximum Gasteiger partial charge on any atom is 0.305 e. The van der Waals surface area contributed by atoms with Crippen LogP contribution >= 0.6 is 0 Å². The lowest BCUT2D eigenvalue weighted by Crippen LogP contribution is -2.36. The van der Waals surface area contributed by atoms with Gasteiger partial charge >= 0.3 is 5.97 Å². The molecule has 0 saturated carbocycles. The highest BCUT2D eigenvalue weighted by molar-refractivity contribution is 6.10. The van der Waals surface area contributed by atoms with Gasteiger partial charge in [-0.2, -0.15) is 0 Å². The van der Waals surface area contributed by atoms with Gasteiger partial charge < -0.3 is 26.0 Å². The van der Waals surface area contributed by atoms with Crippen molar-refractivity contribution in [3.8, 4) is 0 Å². The Morgan fingerprint density at radius 1 is 1.17 bits per heavy atom. The largest absolute Gasteiger partial charge is 0.481 e. The van der Waals surface area contributed by atoms with Crippen molar-refractivity contribution < 1.29 is 24.3 Å². The van der Waals surface area contributed by atoms with Crippen LogP contribution in [0.25, 0.3) is 0 Å². The molecule has 0 spiro atoms. The third-order valence-corrected chi connectivity index (χ3v) is 4.34. The van der Waals surface area contributed by atoms with Gasteiger partial charge in [0.1, 0.15) is 6.54 Å². The van der Waals surface area contributed by atoms with Gasteiger partial charge in [-0.25, -0.2) is 0 Å². The summed E-state index contributed by atoms with van der Waals surface area (Å²) in [6.07, 6.45) is 0.890. The van der Waals surface area contributed by atoms with Crippen LogP contribution in [0.3, 0.4) is 0 Å². The van der Waals surface area contributed by atoms with Crippen LogP contribution in [0, 0.1) is 5.41 Å². The molecule has 29 heavy (non-hydrogen) atoms. The van der Waals surface area contributed by atoms with Gasteiger partial charge in [0.05, 0.1) is 17.7 Å². The maximum absolute atomic E-state index is 12.8. The van der Waals surface area contributed by atoms with E-state index in [1.807, 2.05) is 0 Å². The molecule has 0 atom stereocenters. The fourth-order valence-corrected chi connectivity index (χ4v) is 2.86. The molecule has 0 aromatic heterocycles. The van der Waals surface area contributed by atoms with Crippen LogP contribution in [0.15, 0.2) is 42.5 Å². The summed E-state index contributed by atoms with van der Waals surface area (Å²) in [4.78, 5) is 49.2. The van der Waals surface area contributed by atoms with Gasteiger partial charge in [0, 0.05) is 24.0 Å². The molecule has 4 N–H and O–H groups in total. The molecule has 3 rings (SSSR count). The quantitative estimate of drug-likeness (QED) is 0.553. The number of rotatable bonds is 6. The number of carboxylic acid groups (broad SMARTS) is 1. The van der Waals surface area contributed by atoms with E-state index < -0.39 is 23.7 Å². The molecule has 9 heteroatoms. The molecule has 0 unspecified atom stereocenters. The molecule has 0 radical (unpaired) electrons. The molecule has 1 aliphatic heterocycles. The molecule has 0 bridgehead atoms. The van der Waals surface area contributed by atoms with E-state index in [0.717, 1.165) is 4.90 Å². The lowest BCUT2D eigenvalue weighted by molar-refractivity contribution is -0.137. The van der Waals surface area contributed by atoms with Crippen LogP contribution in [0.5, 0.6) is 0 Å². The lowest BCUT2D eigenvalue weighted by atomic mass is 10.1. The minimum Gasteiger partial charge on any atom is -0.481 e. The predicted molar refractivity (Wildman–Crippen MR) is 106 cm³/mol. The number of carboxylic acids is 1. The van der Waals surface area contributed by atoms with Crippen molar-refractivity contribution in [1.82, 2.24) is 4.90 Å². The number of benzene rings is 2. The minimum atomic E-state index is -1.07. The Morgan fingerprint density at radius 3 is 2.55 bits per heavy atom. The van der Waals surface area contributed by atoms with Crippen molar-refractivity contribution in [2.75, 3.05) is 23.7 Å². The maximum atomic E-state index is 12.8. The second kappa shape index (κ2) is 8.34. The van der Waals surface area contributed by atoms with Gasteiger partial charge in [-0.3, -0.25) is 19.2 Å². The minimum absolute atomic E-state index is 0.100. The Labute approximate surface area is 165 Å². The summed E-state index contributed by atoms with van der Waals surface area (Å²) in [7, 11) is 0. The molecule has 2 aromatic rings. The average molecular weight is 394 g/mol. The number of carbonyl (C=O) groups excluding carboxylic acids is 3. The topological polar surface area (TPSA) is 140 Å². The molecular weight excluding hydrogens is 376 g/mol. The Balaban J connectivity index is 1.83. The van der Waals surface area contributed by atoms with Crippen molar-refractivity contribution in [1.29, 1.82) is 5.41 Å². The molecule has 148 valence electrons. The number of nitrogens with one attached hydrogen (secondary N) is 3. The number of carbonyl (C=O) groups is 4. The highest BCUT2D eigenvalue weighted by Crippen LogP contribution is 2.25. The highest BCUT2D eigenvalue weighted by atomic mass is 16.4. The van der Waals surface area contributed by atoms with Crippen LogP contribution in [0.1, 0.15) is 32.7 Å². The number of fused-ring (bicyclic) bond motifs is 1. The third kappa shape index (κ3) is 4.64. The van der Waals surface area contributed by atoms with E-state index in [1.54, 1.807) is 30.3 Å². The zero-order valence-corrected chi connectivity index (χ0v) is 15.3. The number of amides is 3. The summed E-state index contributed by atoms with van der Waals surface area (Å²) in [6.45, 7) is -0.348. The molecule has 0 saturated heterocycles. The van der Waals surface area contributed by atoms with Crippen molar-refractivity contribution in [3.63, 3.8) is 0 Å². The molecular formula is C20H18N4O5. The first kappa shape index (κ1) is 19.7. The van der Waals surface area contributed by atoms with Crippen molar-refractivity contribution in [2.24, 2.45) is 0 Å². The summed E-state index contributed by atoms with van der Waals surface area (Å²) < 4.78 is 0. The first-order valence-electron chi connectivity index (χ1n) is 8.74. The standard InChI is InChI=1S/C20H18N4O5/c21-10-12-1-3-13(4-2-12)19(28)22-14-5-6-16-15(9-14)20(29)24(8-7-18(26)27)11-17(25)23-16/h1-6,9-10,21H,7-8,11H2,(H,22,28)(H,23,25)(H,26,27). The van der Waals surface area contributed by atoms with Crippen molar-refractivity contribution in [3.05, 3.63) is 59.2 Å². The first-order chi connectivity index (χ1) is 13.9. The molecule has 3 amide bonds. The number of aliphatic carboxylic acids is 1. The van der Waals surface area contributed by atoms with E-state index in [9.17, 15) is 19.2 Å². The summed E-state index contributed by atoms with van der Waals surface area (Å²) in [5, 5.41) is 21.3. The van der Waals surface area contributed by atoms with E-state index in [4.69, 9.17) is 10.5 Å². The second-order valence-electron chi connectivity index (χ2n) is 6.40. The normalized spacial score (nSPS) is 13.2. The van der Waals surface area contributed by atoms with E-state index in [2.05, 4.69) is 10.6 Å². The van der Waals surface area contributed by atoms with E-state index in [0.29, 0.717) is 22.5 Å². The number of anilines is 2. The van der Waals surface area contributed by atoms with Crippen molar-refractivity contribution in [2.45, 2.75) is 6.42 Å². The van der Waals surface area contributed by atoms with E-state index >= 15 is 0 Å². The fraction of sp³-hybridized carbons (Fsp3) is 0.150. The molecule has 0 fully saturated rings. The SMILES string of the molecule is N=Cc1ccc(C(=O)Nc2ccc3c(c2)C(=O)N(CCC(=O)O)CC(=O)N3)cc1. The van der Waals surface area contributed by atoms with Crippen LogP contribution < -0.4 is 10.6 Å². The van der Waals surface area contributed by atoms with Gasteiger partial charge in [-0.05, 0) is 35.9 Å². The summed E-state index contributed by atoms with van der Waals surface area (Å²) in [5.41, 5.74) is 1.86. The van der Waals surface area contributed by atoms with Crippen LogP contribution in [-0.4, -0.2) is 53.0 Å². The Bertz CT molecular complexity index is 1000. The zero-order valence-electron chi connectivity index (χ0n) is 15.3. The Kier molecular flexibility index (Phi) is 5.68. The van der Waals surface area contributed by atoms with Gasteiger partial charge in [-0.15, -0.1) is 0 Å². The lowest BCUT2D eigenvalue weighted by Gasteiger charge is -2.18. The van der Waals surface area contributed by atoms with Gasteiger partial charge in [0.15, 0.2) is 0 Å². The molecule has 1 aliphatic rings. The summed E-state index contributed by atoms with van der Waals surface area (Å²) >= 11 is 0. The average Bonchev–Trinajstić information content (AvgIpc) is 2.82.